The molecule has 0 aromatic carbocycles. The summed E-state index contributed by atoms with van der Waals surface area (Å²) in [5.74, 6) is 0.312. The van der Waals surface area contributed by atoms with Crippen LogP contribution in [0.3, 0.4) is 0 Å². The van der Waals surface area contributed by atoms with Crippen molar-refractivity contribution in [3.63, 3.8) is 0 Å². The first-order valence-corrected chi connectivity index (χ1v) is 4.48. The van der Waals surface area contributed by atoms with Gasteiger partial charge in [0.05, 0.1) is 0 Å². The summed E-state index contributed by atoms with van der Waals surface area (Å²) in [4.78, 5) is 4.51. The second kappa shape index (κ2) is 4.43. The molecule has 0 spiro atoms. The number of hydrogen-bond donors (Lipinski definition) is 2. The van der Waals surface area contributed by atoms with E-state index in [2.05, 4.69) is 29.1 Å². The van der Waals surface area contributed by atoms with Gasteiger partial charge in [-0.2, -0.15) is 0 Å². The molecule has 1 saturated heterocycles. The van der Waals surface area contributed by atoms with Gasteiger partial charge >= 0.3 is 0 Å². The summed E-state index contributed by atoms with van der Waals surface area (Å²) in [5.41, 5.74) is 5.47. The molecule has 1 unspecified atom stereocenters. The molecule has 1 rings (SSSR count). The minimum Gasteiger partial charge on any atom is -0.409 e. The Morgan fingerprint density at radius 3 is 2.85 bits per heavy atom. The number of nitrogens with two attached hydrogens (primary N) is 1. The number of rotatable bonds is 2. The summed E-state index contributed by atoms with van der Waals surface area (Å²) in [7, 11) is 4.16. The van der Waals surface area contributed by atoms with E-state index in [1.807, 2.05) is 0 Å². The standard InChI is InChI=1S/C8H18N4O/c1-11-3-4-12(2)7(6-11)5-8(9)10-13/h7,13H,3-6H2,1-2H3,(H2,9,10). The molecular weight excluding hydrogens is 168 g/mol. The zero-order valence-corrected chi connectivity index (χ0v) is 8.27. The molecule has 5 nitrogen and oxygen atoms in total. The Balaban J connectivity index is 2.46. The molecule has 0 aromatic heterocycles. The van der Waals surface area contributed by atoms with Gasteiger partial charge in [0.15, 0.2) is 0 Å². The molecule has 5 heteroatoms. The zero-order valence-electron chi connectivity index (χ0n) is 8.27. The maximum Gasteiger partial charge on any atom is 0.140 e. The van der Waals surface area contributed by atoms with Crippen molar-refractivity contribution < 1.29 is 5.21 Å². The van der Waals surface area contributed by atoms with Crippen molar-refractivity contribution in [3.05, 3.63) is 0 Å². The molecule has 1 aliphatic heterocycles. The summed E-state index contributed by atoms with van der Waals surface area (Å²) in [5, 5.41) is 11.4. The molecule has 13 heavy (non-hydrogen) atoms. The lowest BCUT2D eigenvalue weighted by Crippen LogP contribution is -2.51. The number of likely N-dealkylation sites (N-methyl/N-ethyl adjacent to an activating group) is 2. The molecule has 0 aromatic rings. The summed E-state index contributed by atoms with van der Waals surface area (Å²) in [6, 6.07) is 0.370. The third-order valence-electron chi connectivity index (χ3n) is 2.55. The minimum atomic E-state index is 0.312. The van der Waals surface area contributed by atoms with Crippen LogP contribution < -0.4 is 5.73 Å². The van der Waals surface area contributed by atoms with Gasteiger partial charge in [0.1, 0.15) is 5.84 Å². The van der Waals surface area contributed by atoms with Gasteiger partial charge < -0.3 is 20.7 Å². The lowest BCUT2D eigenvalue weighted by atomic mass is 10.1. The quantitative estimate of drug-likeness (QED) is 0.261. The highest BCUT2D eigenvalue weighted by Crippen LogP contribution is 2.08. The van der Waals surface area contributed by atoms with E-state index in [0.717, 1.165) is 19.6 Å². The van der Waals surface area contributed by atoms with Crippen LogP contribution in [0.4, 0.5) is 0 Å². The second-order valence-electron chi connectivity index (χ2n) is 3.69. The van der Waals surface area contributed by atoms with E-state index in [1.165, 1.54) is 0 Å². The Morgan fingerprint density at radius 2 is 2.23 bits per heavy atom. The highest BCUT2D eigenvalue weighted by atomic mass is 16.4. The molecule has 1 fully saturated rings. The zero-order chi connectivity index (χ0) is 9.84. The van der Waals surface area contributed by atoms with Crippen molar-refractivity contribution in [2.24, 2.45) is 10.9 Å². The summed E-state index contributed by atoms with van der Waals surface area (Å²) < 4.78 is 0. The molecule has 0 bridgehead atoms. The van der Waals surface area contributed by atoms with Gasteiger partial charge in [-0.15, -0.1) is 0 Å². The largest absolute Gasteiger partial charge is 0.409 e. The molecule has 76 valence electrons. The molecular formula is C8H18N4O. The monoisotopic (exact) mass is 186 g/mol. The summed E-state index contributed by atoms with van der Waals surface area (Å²) in [6.45, 7) is 3.11. The fourth-order valence-corrected chi connectivity index (χ4v) is 1.60. The number of oxime groups is 1. The van der Waals surface area contributed by atoms with Crippen LogP contribution in [0.25, 0.3) is 0 Å². The molecule has 1 atom stereocenters. The van der Waals surface area contributed by atoms with Crippen molar-refractivity contribution >= 4 is 5.84 Å². The van der Waals surface area contributed by atoms with E-state index in [-0.39, 0.29) is 0 Å². The first kappa shape index (κ1) is 10.3. The summed E-state index contributed by atoms with van der Waals surface area (Å²) >= 11 is 0. The van der Waals surface area contributed by atoms with Crippen LogP contribution in [-0.4, -0.2) is 60.6 Å². The molecule has 0 radical (unpaired) electrons. The Labute approximate surface area is 78.8 Å². The van der Waals surface area contributed by atoms with E-state index in [4.69, 9.17) is 10.9 Å². The highest BCUT2D eigenvalue weighted by Gasteiger charge is 2.22. The van der Waals surface area contributed by atoms with Crippen molar-refractivity contribution in [3.8, 4) is 0 Å². The van der Waals surface area contributed by atoms with Crippen molar-refractivity contribution in [1.29, 1.82) is 0 Å². The third-order valence-corrected chi connectivity index (χ3v) is 2.55. The van der Waals surface area contributed by atoms with Crippen LogP contribution in [0.5, 0.6) is 0 Å². The van der Waals surface area contributed by atoms with Crippen molar-refractivity contribution in [1.82, 2.24) is 9.80 Å². The Hall–Kier alpha value is -0.810. The number of piperazine rings is 1. The van der Waals surface area contributed by atoms with Gasteiger partial charge in [0.25, 0.3) is 0 Å². The Morgan fingerprint density at radius 1 is 1.54 bits per heavy atom. The van der Waals surface area contributed by atoms with Crippen LogP contribution >= 0.6 is 0 Å². The average molecular weight is 186 g/mol. The van der Waals surface area contributed by atoms with E-state index in [1.54, 1.807) is 0 Å². The van der Waals surface area contributed by atoms with E-state index < -0.39 is 0 Å². The second-order valence-corrected chi connectivity index (χ2v) is 3.69. The van der Waals surface area contributed by atoms with Crippen LogP contribution in [0, 0.1) is 0 Å². The molecule has 3 N–H and O–H groups in total. The average Bonchev–Trinajstić information content (AvgIpc) is 2.11. The van der Waals surface area contributed by atoms with E-state index >= 15 is 0 Å². The van der Waals surface area contributed by atoms with Crippen LogP contribution in [0.1, 0.15) is 6.42 Å². The molecule has 1 aliphatic rings. The topological polar surface area (TPSA) is 65.1 Å². The lowest BCUT2D eigenvalue weighted by molar-refractivity contribution is 0.118. The highest BCUT2D eigenvalue weighted by molar-refractivity contribution is 5.80. The third kappa shape index (κ3) is 2.86. The van der Waals surface area contributed by atoms with Gasteiger partial charge in [0.2, 0.25) is 0 Å². The smallest absolute Gasteiger partial charge is 0.140 e. The van der Waals surface area contributed by atoms with Gasteiger partial charge in [-0.1, -0.05) is 5.16 Å². The Bertz CT molecular complexity index is 195. The van der Waals surface area contributed by atoms with Crippen LogP contribution in [0.15, 0.2) is 5.16 Å². The van der Waals surface area contributed by atoms with Crippen molar-refractivity contribution in [2.75, 3.05) is 33.7 Å². The Kier molecular flexibility index (Phi) is 3.50. The number of nitrogens with zero attached hydrogens (tertiary/aromatic N) is 3. The fraction of sp³-hybridized carbons (Fsp3) is 0.875. The number of hydrogen-bond acceptors (Lipinski definition) is 4. The minimum absolute atomic E-state index is 0.312. The first-order chi connectivity index (χ1) is 6.13. The molecule has 0 aliphatic carbocycles. The van der Waals surface area contributed by atoms with E-state index in [0.29, 0.717) is 18.3 Å². The van der Waals surface area contributed by atoms with Gasteiger partial charge in [0, 0.05) is 32.1 Å². The lowest BCUT2D eigenvalue weighted by Gasteiger charge is -2.37. The summed E-state index contributed by atoms with van der Waals surface area (Å²) in [6.07, 6.45) is 0.636. The SMILES string of the molecule is CN1CCN(C)C(C/C(N)=N/O)C1. The predicted molar refractivity (Wildman–Crippen MR) is 51.9 cm³/mol. The molecule has 0 amide bonds. The maximum atomic E-state index is 8.45. The number of amidine groups is 1. The van der Waals surface area contributed by atoms with Crippen molar-refractivity contribution in [2.45, 2.75) is 12.5 Å². The van der Waals surface area contributed by atoms with Crippen LogP contribution in [0.2, 0.25) is 0 Å². The van der Waals surface area contributed by atoms with Crippen LogP contribution in [-0.2, 0) is 0 Å². The van der Waals surface area contributed by atoms with Gasteiger partial charge in [-0.25, -0.2) is 0 Å². The predicted octanol–water partition coefficient (Wildman–Crippen LogP) is -0.631. The maximum absolute atomic E-state index is 8.45. The van der Waals surface area contributed by atoms with Gasteiger partial charge in [-0.3, -0.25) is 0 Å². The fourth-order valence-electron chi connectivity index (χ4n) is 1.60. The first-order valence-electron chi connectivity index (χ1n) is 4.48. The molecule has 1 heterocycles. The van der Waals surface area contributed by atoms with Gasteiger partial charge in [-0.05, 0) is 14.1 Å². The molecule has 0 saturated carbocycles. The normalized spacial score (nSPS) is 27.8. The van der Waals surface area contributed by atoms with E-state index in [9.17, 15) is 0 Å².